The summed E-state index contributed by atoms with van der Waals surface area (Å²) in [6.07, 6.45) is 10.9. The largest absolute Gasteiger partial charge is 0.481 e. The molecule has 14 heteroatoms. The van der Waals surface area contributed by atoms with Gasteiger partial charge in [-0.25, -0.2) is 9.97 Å². The predicted molar refractivity (Wildman–Crippen MR) is 285 cm³/mol. The first-order chi connectivity index (χ1) is 32.8. The number of halogens is 1. The van der Waals surface area contributed by atoms with Crippen LogP contribution < -0.4 is 26.1 Å². The average Bonchev–Trinajstić information content (AvgIpc) is 3.30. The number of pyridine rings is 3. The van der Waals surface area contributed by atoms with Gasteiger partial charge in [0, 0.05) is 64.2 Å². The van der Waals surface area contributed by atoms with Crippen molar-refractivity contribution in [3.05, 3.63) is 117 Å². The number of aldehydes is 1. The van der Waals surface area contributed by atoms with E-state index in [0.717, 1.165) is 86.6 Å². The van der Waals surface area contributed by atoms with Gasteiger partial charge in [-0.1, -0.05) is 71.0 Å². The van der Waals surface area contributed by atoms with E-state index in [1.54, 1.807) is 12.1 Å². The molecule has 6 N–H and O–H groups in total. The fourth-order valence-corrected chi connectivity index (χ4v) is 9.09. The maximum Gasteiger partial charge on any atom is 0.304 e. The summed E-state index contributed by atoms with van der Waals surface area (Å²) >= 11 is 3.36. The molecule has 6 aromatic rings. The van der Waals surface area contributed by atoms with E-state index in [1.807, 2.05) is 60.7 Å². The van der Waals surface area contributed by atoms with Crippen LogP contribution in [0.25, 0.3) is 32.7 Å². The Morgan fingerprint density at radius 3 is 1.70 bits per heavy atom. The van der Waals surface area contributed by atoms with Crippen LogP contribution in [0, 0.1) is 22.7 Å². The first-order valence-corrected chi connectivity index (χ1v) is 24.8. The molecule has 3 heterocycles. The number of benzene rings is 3. The molecule has 2 aliphatic carbocycles. The zero-order chi connectivity index (χ0) is 50.1. The zero-order valence-electron chi connectivity index (χ0n) is 40.9. The average molecular weight is 1030 g/mol. The summed E-state index contributed by atoms with van der Waals surface area (Å²) in [6, 6.07) is 28.6. The van der Waals surface area contributed by atoms with Gasteiger partial charge in [-0.15, -0.1) is 0 Å². The summed E-state index contributed by atoms with van der Waals surface area (Å²) < 4.78 is 13.3. The number of carboxylic acid groups (broad SMARTS) is 2. The number of hydrogen-bond acceptors (Lipinski definition) is 10. The number of nitrogens with zero attached hydrogens (tertiary/aromatic N) is 2. The summed E-state index contributed by atoms with van der Waals surface area (Å²) in [4.78, 5) is 53.8. The summed E-state index contributed by atoms with van der Waals surface area (Å²) in [5.41, 5.74) is 10.0. The number of aliphatic carboxylic acids is 2. The van der Waals surface area contributed by atoms with E-state index < -0.39 is 11.9 Å². The highest BCUT2D eigenvalue weighted by atomic mass is 79.9. The third kappa shape index (κ3) is 18.6. The number of rotatable bonds is 12. The van der Waals surface area contributed by atoms with Crippen LogP contribution in [0.3, 0.4) is 0 Å². The number of carboxylic acids is 2. The van der Waals surface area contributed by atoms with E-state index in [-0.39, 0.29) is 44.6 Å². The third-order valence-corrected chi connectivity index (χ3v) is 13.3. The smallest absolute Gasteiger partial charge is 0.304 e. The Kier molecular flexibility index (Phi) is 22.0. The van der Waals surface area contributed by atoms with Crippen molar-refractivity contribution in [3.63, 3.8) is 0 Å². The van der Waals surface area contributed by atoms with Gasteiger partial charge in [0.2, 0.25) is 17.3 Å². The first-order valence-electron chi connectivity index (χ1n) is 24.0. The fraction of sp³-hybridized carbons (Fsp3) is 0.464. The first kappa shape index (κ1) is 56.9. The SMILES string of the molecule is C.CC(C)(C)C1CCC(Oc2ccc3cc(C=O)ccc3n2)CC1.CC(C)(C)C1CCC(Oc2ccc3cc(CNCCC(=O)O)ccc3n2)CC1.NCCC(=O)O.O=c1ccc2cc(Br)ccc2[nH]1. The van der Waals surface area contributed by atoms with Gasteiger partial charge in [0.15, 0.2) is 0 Å². The number of carbonyl (C=O) groups is 3. The second kappa shape index (κ2) is 27.1. The van der Waals surface area contributed by atoms with Crippen molar-refractivity contribution in [3.8, 4) is 11.8 Å². The van der Waals surface area contributed by atoms with Crippen molar-refractivity contribution >= 4 is 66.9 Å². The molecule has 0 amide bonds. The van der Waals surface area contributed by atoms with Crippen molar-refractivity contribution in [2.75, 3.05) is 13.1 Å². The highest BCUT2D eigenvalue weighted by Crippen LogP contribution is 2.40. The van der Waals surface area contributed by atoms with E-state index in [9.17, 15) is 19.2 Å². The highest BCUT2D eigenvalue weighted by Gasteiger charge is 2.31. The number of ether oxygens (including phenoxy) is 2. The second-order valence-corrected chi connectivity index (χ2v) is 21.0. The van der Waals surface area contributed by atoms with Gasteiger partial charge in [-0.3, -0.25) is 19.2 Å². The number of fused-ring (bicyclic) bond motifs is 3. The number of hydrogen-bond donors (Lipinski definition) is 5. The molecule has 0 saturated heterocycles. The van der Waals surface area contributed by atoms with E-state index >= 15 is 0 Å². The minimum Gasteiger partial charge on any atom is -0.481 e. The van der Waals surface area contributed by atoms with Gasteiger partial charge < -0.3 is 35.7 Å². The number of nitrogens with two attached hydrogens (primary N) is 1. The highest BCUT2D eigenvalue weighted by molar-refractivity contribution is 9.10. The Balaban J connectivity index is 0.000000226. The van der Waals surface area contributed by atoms with Gasteiger partial charge in [-0.05, 0) is 152 Å². The van der Waals surface area contributed by atoms with Gasteiger partial charge in [0.05, 0.1) is 23.9 Å². The van der Waals surface area contributed by atoms with Gasteiger partial charge in [0.25, 0.3) is 0 Å². The van der Waals surface area contributed by atoms with Crippen LogP contribution in [-0.2, 0) is 16.1 Å². The van der Waals surface area contributed by atoms with Crippen LogP contribution in [0.15, 0.2) is 100 Å². The molecule has 378 valence electrons. The molecule has 0 spiro atoms. The minimum atomic E-state index is -0.836. The molecule has 2 saturated carbocycles. The lowest BCUT2D eigenvalue weighted by molar-refractivity contribution is -0.137. The lowest BCUT2D eigenvalue weighted by atomic mass is 9.72. The zero-order valence-corrected chi connectivity index (χ0v) is 42.5. The van der Waals surface area contributed by atoms with E-state index in [4.69, 9.17) is 25.4 Å². The lowest BCUT2D eigenvalue weighted by Gasteiger charge is -2.36. The van der Waals surface area contributed by atoms with Crippen LogP contribution in [0.4, 0.5) is 0 Å². The summed E-state index contributed by atoms with van der Waals surface area (Å²) in [7, 11) is 0. The molecule has 13 nitrogen and oxygen atoms in total. The third-order valence-electron chi connectivity index (χ3n) is 12.8. The molecule has 2 fully saturated rings. The molecule has 70 heavy (non-hydrogen) atoms. The molecule has 0 aliphatic heterocycles. The van der Waals surface area contributed by atoms with Crippen LogP contribution in [0.2, 0.25) is 0 Å². The van der Waals surface area contributed by atoms with Gasteiger partial charge in [-0.2, -0.15) is 0 Å². The maximum atomic E-state index is 10.9. The number of aromatic amines is 1. The molecule has 2 aliphatic rings. The fourth-order valence-electron chi connectivity index (χ4n) is 8.71. The Bertz CT molecular complexity index is 2680. The summed E-state index contributed by atoms with van der Waals surface area (Å²) in [6.45, 7) is 15.3. The molecular formula is C56H74BrN5O8. The lowest BCUT2D eigenvalue weighted by Crippen LogP contribution is -2.30. The second-order valence-electron chi connectivity index (χ2n) is 20.1. The van der Waals surface area contributed by atoms with Crippen molar-refractivity contribution in [2.45, 2.75) is 132 Å². The Hall–Kier alpha value is -5.70. The molecule has 0 unspecified atom stereocenters. The van der Waals surface area contributed by atoms with Crippen LogP contribution in [-0.4, -0.2) is 68.7 Å². The molecule has 0 atom stereocenters. The van der Waals surface area contributed by atoms with Gasteiger partial charge >= 0.3 is 11.9 Å². The Morgan fingerprint density at radius 1 is 0.700 bits per heavy atom. The van der Waals surface area contributed by atoms with Crippen molar-refractivity contribution in [1.82, 2.24) is 20.3 Å². The van der Waals surface area contributed by atoms with E-state index in [0.29, 0.717) is 41.2 Å². The molecular weight excluding hydrogens is 951 g/mol. The number of aromatic nitrogens is 3. The molecule has 3 aromatic heterocycles. The molecule has 0 radical (unpaired) electrons. The number of H-pyrrole nitrogens is 1. The normalized spacial score (nSPS) is 17.8. The molecule has 3 aromatic carbocycles. The van der Waals surface area contributed by atoms with Crippen LogP contribution >= 0.6 is 15.9 Å². The minimum absolute atomic E-state index is 0. The van der Waals surface area contributed by atoms with Crippen molar-refractivity contribution in [2.24, 2.45) is 28.4 Å². The Morgan fingerprint density at radius 2 is 1.21 bits per heavy atom. The molecule has 0 bridgehead atoms. The van der Waals surface area contributed by atoms with E-state index in [2.05, 4.69) is 89.9 Å². The standard InChI is InChI=1S/C23H32N2O3.C20H25NO2.C9H6BrNO.C3H7NO2.CH4/c1-23(2,3)18-6-8-19(9-7-18)28-21-11-5-17-14-16(4-10-20(17)25-21)15-24-13-12-22(26)27;1-20(2,3)16-6-8-17(9-7-16)23-19-11-5-15-12-14(13-22)4-10-18(15)21-19;10-7-2-3-8-6(5-7)1-4-9(12)11-8;4-2-1-3(5)6;/h4-5,10-11,14,18-19,24H,6-9,12-13,15H2,1-3H3,(H,26,27);4-5,10-13,16-17H,6-9H2,1-3H3;1-5H,(H,11,12);1-2,4H2,(H,5,6);1H4. The van der Waals surface area contributed by atoms with Crippen molar-refractivity contribution in [1.29, 1.82) is 0 Å². The monoisotopic (exact) mass is 1020 g/mol. The van der Waals surface area contributed by atoms with Crippen LogP contribution in [0.5, 0.6) is 11.8 Å². The predicted octanol–water partition coefficient (Wildman–Crippen LogP) is 12.2. The number of nitrogens with one attached hydrogen (secondary N) is 2. The van der Waals surface area contributed by atoms with Crippen LogP contribution in [0.1, 0.15) is 129 Å². The summed E-state index contributed by atoms with van der Waals surface area (Å²) in [5, 5.41) is 22.7. The van der Waals surface area contributed by atoms with E-state index in [1.165, 1.54) is 31.7 Å². The number of carbonyl (C=O) groups excluding carboxylic acids is 1. The quantitative estimate of drug-likeness (QED) is 0.0573. The Labute approximate surface area is 421 Å². The van der Waals surface area contributed by atoms with Crippen molar-refractivity contribution < 1.29 is 34.1 Å². The summed E-state index contributed by atoms with van der Waals surface area (Å²) in [5.74, 6) is 1.34. The topological polar surface area (TPSA) is 207 Å². The molecule has 8 rings (SSSR count). The van der Waals surface area contributed by atoms with Gasteiger partial charge in [0.1, 0.15) is 18.5 Å². The maximum absolute atomic E-state index is 10.9.